The molecule has 0 amide bonds. The van der Waals surface area contributed by atoms with Crippen molar-refractivity contribution in [2.75, 3.05) is 0 Å². The molecule has 0 radical (unpaired) electrons. The minimum Gasteiger partial charge on any atom is -0.308 e. The number of aromatic nitrogens is 1. The zero-order valence-electron chi connectivity index (χ0n) is 34.2. The molecule has 0 N–H and O–H groups in total. The van der Waals surface area contributed by atoms with Crippen molar-refractivity contribution in [2.45, 2.75) is 0 Å². The zero-order chi connectivity index (χ0) is 40.9. The fourth-order valence-electron chi connectivity index (χ4n) is 11.7. The van der Waals surface area contributed by atoms with E-state index in [1.54, 1.807) is 0 Å². The molecule has 0 bridgehead atoms. The first-order valence-electron chi connectivity index (χ1n) is 22.0. The second-order valence-corrected chi connectivity index (χ2v) is 17.5. The maximum atomic E-state index is 2.56. The molecule has 0 spiro atoms. The Morgan fingerprint density at radius 1 is 0.190 bits per heavy atom. The molecule has 0 saturated carbocycles. The third-order valence-electron chi connectivity index (χ3n) is 14.4. The minimum atomic E-state index is 1.24. The van der Waals surface area contributed by atoms with Crippen LogP contribution >= 0.6 is 0 Å². The maximum absolute atomic E-state index is 2.56. The van der Waals surface area contributed by atoms with Crippen LogP contribution in [0.5, 0.6) is 0 Å². The molecule has 63 heavy (non-hydrogen) atoms. The Balaban J connectivity index is 1.02. The summed E-state index contributed by atoms with van der Waals surface area (Å²) in [5.74, 6) is 0. The average molecular weight is 794 g/mol. The van der Waals surface area contributed by atoms with Crippen molar-refractivity contribution in [3.05, 3.63) is 212 Å². The van der Waals surface area contributed by atoms with Crippen LogP contribution in [0.15, 0.2) is 212 Å². The van der Waals surface area contributed by atoms with E-state index in [1.807, 2.05) is 0 Å². The van der Waals surface area contributed by atoms with Gasteiger partial charge < -0.3 is 4.40 Å². The maximum Gasteiger partial charge on any atom is 0.0620 e. The Bertz CT molecular complexity index is 3880. The van der Waals surface area contributed by atoms with E-state index in [9.17, 15) is 0 Å². The van der Waals surface area contributed by atoms with Crippen molar-refractivity contribution in [1.82, 2.24) is 4.40 Å². The summed E-state index contributed by atoms with van der Waals surface area (Å²) in [6, 6.07) is 80.2. The second-order valence-electron chi connectivity index (χ2n) is 17.5. The van der Waals surface area contributed by atoms with Crippen LogP contribution in [-0.4, -0.2) is 4.40 Å². The standard InChI is InChI=1S/C62H35N/c1-3-16-42-40(14-1)44-18-5-9-22-48(44)54-28-36-32-58-52-26-13-27-53-59-33-37-29-55-49-23-10-6-19-45(49)41-15-2-4-17-43(41)47-21-8-12-25-51(47)57(55)31-39(37)35-61(59)63(62(52)53)60(58)34-38(36)30-56(54)50-24-11-7-20-46(42)50/h1-35H. The highest BCUT2D eigenvalue weighted by Crippen LogP contribution is 2.52. The van der Waals surface area contributed by atoms with E-state index in [4.69, 9.17) is 0 Å². The van der Waals surface area contributed by atoms with Gasteiger partial charge in [0.2, 0.25) is 0 Å². The van der Waals surface area contributed by atoms with Crippen molar-refractivity contribution in [3.8, 4) is 89.0 Å². The highest BCUT2D eigenvalue weighted by molar-refractivity contribution is 6.26. The molecule has 2 aromatic heterocycles. The number of hydrogen-bond acceptors (Lipinski definition) is 0. The Kier molecular flexibility index (Phi) is 6.47. The predicted molar refractivity (Wildman–Crippen MR) is 267 cm³/mol. The highest BCUT2D eigenvalue weighted by Gasteiger charge is 2.26. The normalized spacial score (nSPS) is 12.4. The number of nitrogens with zero attached hydrogens (tertiary/aromatic N) is 1. The molecule has 1 heteroatoms. The van der Waals surface area contributed by atoms with Crippen LogP contribution in [0.1, 0.15) is 0 Å². The Morgan fingerprint density at radius 2 is 0.429 bits per heavy atom. The molecule has 2 aliphatic rings. The van der Waals surface area contributed by atoms with Gasteiger partial charge in [0.15, 0.2) is 0 Å². The van der Waals surface area contributed by atoms with Crippen LogP contribution in [0.25, 0.3) is 149 Å². The largest absolute Gasteiger partial charge is 0.308 e. The lowest BCUT2D eigenvalue weighted by Gasteiger charge is -2.23. The molecule has 0 aliphatic heterocycles. The summed E-state index contributed by atoms with van der Waals surface area (Å²) in [5, 5.41) is 10.2. The summed E-state index contributed by atoms with van der Waals surface area (Å²) in [6.07, 6.45) is 0. The third-order valence-corrected chi connectivity index (χ3v) is 14.4. The minimum absolute atomic E-state index is 1.24. The van der Waals surface area contributed by atoms with Gasteiger partial charge in [-0.05, 0) is 159 Å². The van der Waals surface area contributed by atoms with Crippen LogP contribution < -0.4 is 0 Å². The summed E-state index contributed by atoms with van der Waals surface area (Å²) in [6.45, 7) is 0. The van der Waals surface area contributed by atoms with Gasteiger partial charge >= 0.3 is 0 Å². The topological polar surface area (TPSA) is 4.41 Å². The van der Waals surface area contributed by atoms with Crippen molar-refractivity contribution >= 4 is 59.6 Å². The summed E-state index contributed by atoms with van der Waals surface area (Å²) in [5.41, 5.74) is 24.1. The van der Waals surface area contributed by atoms with Gasteiger partial charge in [-0.2, -0.15) is 0 Å². The van der Waals surface area contributed by atoms with Crippen LogP contribution in [-0.2, 0) is 0 Å². The van der Waals surface area contributed by atoms with Crippen molar-refractivity contribution in [1.29, 1.82) is 0 Å². The molecule has 288 valence electrons. The van der Waals surface area contributed by atoms with E-state index in [1.165, 1.54) is 149 Å². The van der Waals surface area contributed by atoms with Gasteiger partial charge in [0, 0.05) is 21.5 Å². The Hall–Kier alpha value is -8.26. The monoisotopic (exact) mass is 793 g/mol. The molecular weight excluding hydrogens is 759 g/mol. The molecule has 13 aromatic rings. The number of hydrogen-bond donors (Lipinski definition) is 0. The smallest absolute Gasteiger partial charge is 0.0620 e. The van der Waals surface area contributed by atoms with Gasteiger partial charge in [0.25, 0.3) is 0 Å². The first kappa shape index (κ1) is 33.5. The average Bonchev–Trinajstić information content (AvgIpc) is 3.84. The van der Waals surface area contributed by atoms with Crippen LogP contribution in [0.2, 0.25) is 0 Å². The van der Waals surface area contributed by atoms with Crippen LogP contribution in [0.4, 0.5) is 0 Å². The van der Waals surface area contributed by atoms with Crippen molar-refractivity contribution < 1.29 is 0 Å². The summed E-state index contributed by atoms with van der Waals surface area (Å²) in [4.78, 5) is 0. The molecular formula is C62H35N. The lowest BCUT2D eigenvalue weighted by atomic mass is 9.80. The number of para-hydroxylation sites is 1. The van der Waals surface area contributed by atoms with Gasteiger partial charge in [-0.3, -0.25) is 0 Å². The van der Waals surface area contributed by atoms with E-state index < -0.39 is 0 Å². The Morgan fingerprint density at radius 3 is 0.698 bits per heavy atom. The quantitative estimate of drug-likeness (QED) is 0.144. The van der Waals surface area contributed by atoms with E-state index in [2.05, 4.69) is 217 Å². The Labute approximate surface area is 363 Å². The van der Waals surface area contributed by atoms with Gasteiger partial charge in [0.1, 0.15) is 0 Å². The molecule has 0 unspecified atom stereocenters. The summed E-state index contributed by atoms with van der Waals surface area (Å²) >= 11 is 0. The van der Waals surface area contributed by atoms with Gasteiger partial charge in [-0.15, -0.1) is 0 Å². The molecule has 0 atom stereocenters. The molecule has 11 aromatic carbocycles. The lowest BCUT2D eigenvalue weighted by molar-refractivity contribution is 1.38. The van der Waals surface area contributed by atoms with E-state index in [0.717, 1.165) is 0 Å². The highest BCUT2D eigenvalue weighted by atomic mass is 14.9. The summed E-state index contributed by atoms with van der Waals surface area (Å²) < 4.78 is 2.56. The SMILES string of the molecule is c1ccc2c(c1)-c1ccccc1-c1cc3cc4c5cccc6c7cc8cc9c(cc8cc7n(c4cc3cc1-c1ccccc1-2)c56)-c1ccccc1-c1ccccc1-c1ccccc1-9. The second kappa shape index (κ2) is 12.2. The molecule has 0 fully saturated rings. The van der Waals surface area contributed by atoms with Gasteiger partial charge in [-0.25, -0.2) is 0 Å². The van der Waals surface area contributed by atoms with Crippen molar-refractivity contribution in [2.24, 2.45) is 0 Å². The lowest BCUT2D eigenvalue weighted by Crippen LogP contribution is -1.97. The predicted octanol–water partition coefficient (Wildman–Crippen LogP) is 17.1. The molecule has 2 aliphatic carbocycles. The molecule has 1 nitrogen and oxygen atoms in total. The summed E-state index contributed by atoms with van der Waals surface area (Å²) in [7, 11) is 0. The fourth-order valence-corrected chi connectivity index (χ4v) is 11.7. The fraction of sp³-hybridized carbons (Fsp3) is 0. The molecule has 15 rings (SSSR count). The first-order valence-corrected chi connectivity index (χ1v) is 22.0. The van der Waals surface area contributed by atoms with E-state index in [-0.39, 0.29) is 0 Å². The molecule has 0 saturated heterocycles. The van der Waals surface area contributed by atoms with Crippen molar-refractivity contribution in [3.63, 3.8) is 0 Å². The first-order chi connectivity index (χ1) is 31.2. The van der Waals surface area contributed by atoms with E-state index in [0.29, 0.717) is 0 Å². The molecule has 2 heterocycles. The van der Waals surface area contributed by atoms with E-state index >= 15 is 0 Å². The number of benzene rings is 11. The zero-order valence-corrected chi connectivity index (χ0v) is 34.2. The van der Waals surface area contributed by atoms with Crippen LogP contribution in [0, 0.1) is 0 Å². The van der Waals surface area contributed by atoms with Gasteiger partial charge in [0.05, 0.1) is 16.6 Å². The third kappa shape index (κ3) is 4.45. The van der Waals surface area contributed by atoms with Gasteiger partial charge in [-0.1, -0.05) is 164 Å². The number of fused-ring (bicyclic) bond motifs is 24. The van der Waals surface area contributed by atoms with Crippen LogP contribution in [0.3, 0.4) is 0 Å². The number of rotatable bonds is 0.